The van der Waals surface area contributed by atoms with Crippen LogP contribution in [0.4, 0.5) is 0 Å². The van der Waals surface area contributed by atoms with Crippen molar-refractivity contribution in [1.29, 1.82) is 0 Å². The first kappa shape index (κ1) is 15.9. The fourth-order valence-corrected chi connectivity index (χ4v) is 1.19. The van der Waals surface area contributed by atoms with Gasteiger partial charge in [0.1, 0.15) is 11.6 Å². The number of nitrogens with one attached hydrogen (secondary N) is 1. The van der Waals surface area contributed by atoms with Gasteiger partial charge in [-0.15, -0.1) is 0 Å². The first-order chi connectivity index (χ1) is 7.76. The minimum Gasteiger partial charge on any atom is -0.458 e. The van der Waals surface area contributed by atoms with Gasteiger partial charge in [-0.1, -0.05) is 0 Å². The van der Waals surface area contributed by atoms with E-state index in [1.807, 2.05) is 0 Å². The summed E-state index contributed by atoms with van der Waals surface area (Å²) >= 11 is 0. The first-order valence-electron chi connectivity index (χ1n) is 5.98. The molecule has 17 heavy (non-hydrogen) atoms. The maximum absolute atomic E-state index is 11.6. The second-order valence-electron chi connectivity index (χ2n) is 5.07. The predicted octanol–water partition coefficient (Wildman–Crippen LogP) is 0.962. The average Bonchev–Trinajstić information content (AvgIpc) is 2.15. The van der Waals surface area contributed by atoms with E-state index in [1.165, 1.54) is 0 Å². The Morgan fingerprint density at radius 1 is 1.29 bits per heavy atom. The Labute approximate surface area is 103 Å². The molecule has 0 aromatic rings. The Hall–Kier alpha value is -1.10. The maximum Gasteiger partial charge on any atom is 0.328 e. The topological polar surface area (TPSA) is 81.4 Å². The van der Waals surface area contributed by atoms with Crippen LogP contribution in [-0.4, -0.2) is 30.1 Å². The van der Waals surface area contributed by atoms with Crippen LogP contribution in [0.1, 0.15) is 47.0 Å². The molecule has 0 aliphatic carbocycles. The van der Waals surface area contributed by atoms with Crippen LogP contribution in [0.5, 0.6) is 0 Å². The number of nitrogens with two attached hydrogens (primary N) is 1. The predicted molar refractivity (Wildman–Crippen MR) is 66.4 cm³/mol. The van der Waals surface area contributed by atoms with Gasteiger partial charge in [0.2, 0.25) is 5.91 Å². The molecule has 1 atom stereocenters. The highest BCUT2D eigenvalue weighted by Crippen LogP contribution is 2.08. The van der Waals surface area contributed by atoms with E-state index in [2.05, 4.69) is 5.32 Å². The molecule has 0 bridgehead atoms. The summed E-state index contributed by atoms with van der Waals surface area (Å²) in [5.74, 6) is -0.554. The largest absolute Gasteiger partial charge is 0.458 e. The fourth-order valence-electron chi connectivity index (χ4n) is 1.19. The van der Waals surface area contributed by atoms with Gasteiger partial charge in [0.05, 0.1) is 0 Å². The molecule has 3 N–H and O–H groups in total. The lowest BCUT2D eigenvalue weighted by molar-refractivity contribution is -0.158. The van der Waals surface area contributed by atoms with E-state index in [0.717, 1.165) is 12.8 Å². The number of ether oxygens (including phenoxy) is 1. The number of amides is 1. The molecule has 5 nitrogen and oxygen atoms in total. The van der Waals surface area contributed by atoms with Gasteiger partial charge in [-0.2, -0.15) is 0 Å². The molecule has 0 radical (unpaired) electrons. The summed E-state index contributed by atoms with van der Waals surface area (Å²) < 4.78 is 5.15. The molecular formula is C12H24N2O3. The van der Waals surface area contributed by atoms with Gasteiger partial charge >= 0.3 is 5.97 Å². The van der Waals surface area contributed by atoms with E-state index in [9.17, 15) is 9.59 Å². The highest BCUT2D eigenvalue weighted by molar-refractivity contribution is 5.84. The second-order valence-corrected chi connectivity index (χ2v) is 5.07. The van der Waals surface area contributed by atoms with E-state index >= 15 is 0 Å². The van der Waals surface area contributed by atoms with E-state index in [-0.39, 0.29) is 5.91 Å². The van der Waals surface area contributed by atoms with Crippen molar-refractivity contribution in [2.75, 3.05) is 6.54 Å². The van der Waals surface area contributed by atoms with Crippen molar-refractivity contribution in [1.82, 2.24) is 5.32 Å². The third-order valence-electron chi connectivity index (χ3n) is 2.00. The summed E-state index contributed by atoms with van der Waals surface area (Å²) in [6.45, 7) is 7.58. The number of carbonyl (C=O) groups excluding carboxylic acids is 2. The number of hydrogen-bond donors (Lipinski definition) is 2. The number of unbranched alkanes of at least 4 members (excludes halogenated alkanes) is 1. The number of carbonyl (C=O) groups is 2. The Balaban J connectivity index is 3.95. The lowest BCUT2D eigenvalue weighted by Crippen LogP contribution is -2.42. The highest BCUT2D eigenvalue weighted by atomic mass is 16.6. The molecule has 0 saturated carbocycles. The molecule has 0 saturated heterocycles. The quantitative estimate of drug-likeness (QED) is 0.538. The van der Waals surface area contributed by atoms with E-state index in [0.29, 0.717) is 13.0 Å². The smallest absolute Gasteiger partial charge is 0.328 e. The van der Waals surface area contributed by atoms with Crippen molar-refractivity contribution in [2.45, 2.75) is 58.6 Å². The summed E-state index contributed by atoms with van der Waals surface area (Å²) in [6.07, 6.45) is 1.95. The fraction of sp³-hybridized carbons (Fsp3) is 0.833. The molecule has 1 amide bonds. The maximum atomic E-state index is 11.6. The molecule has 5 heteroatoms. The van der Waals surface area contributed by atoms with E-state index in [1.54, 1.807) is 27.7 Å². The Morgan fingerprint density at radius 3 is 2.35 bits per heavy atom. The van der Waals surface area contributed by atoms with Gasteiger partial charge in [0.15, 0.2) is 0 Å². The molecule has 0 aliphatic rings. The van der Waals surface area contributed by atoms with Crippen LogP contribution in [-0.2, 0) is 14.3 Å². The Kier molecular flexibility index (Phi) is 6.80. The Morgan fingerprint density at radius 2 is 1.88 bits per heavy atom. The molecule has 0 rings (SSSR count). The van der Waals surface area contributed by atoms with Crippen LogP contribution in [0.15, 0.2) is 0 Å². The van der Waals surface area contributed by atoms with Gasteiger partial charge in [-0.05, 0) is 47.1 Å². The molecule has 1 unspecified atom stereocenters. The number of hydrogen-bond acceptors (Lipinski definition) is 4. The van der Waals surface area contributed by atoms with Crippen LogP contribution < -0.4 is 11.1 Å². The zero-order valence-electron chi connectivity index (χ0n) is 11.2. The van der Waals surface area contributed by atoms with Gasteiger partial charge < -0.3 is 15.8 Å². The molecule has 0 fully saturated rings. The van der Waals surface area contributed by atoms with Crippen molar-refractivity contribution < 1.29 is 14.3 Å². The van der Waals surface area contributed by atoms with Crippen molar-refractivity contribution in [2.24, 2.45) is 5.73 Å². The van der Waals surface area contributed by atoms with Crippen molar-refractivity contribution >= 4 is 11.9 Å². The summed E-state index contributed by atoms with van der Waals surface area (Å²) in [5.41, 5.74) is 4.80. The van der Waals surface area contributed by atoms with Gasteiger partial charge in [-0.3, -0.25) is 4.79 Å². The molecule has 0 spiro atoms. The number of esters is 1. The molecular weight excluding hydrogens is 220 g/mol. The van der Waals surface area contributed by atoms with Crippen LogP contribution in [0.3, 0.4) is 0 Å². The van der Waals surface area contributed by atoms with Gasteiger partial charge in [-0.25, -0.2) is 4.79 Å². The molecule has 0 aromatic heterocycles. The Bertz CT molecular complexity index is 259. The third-order valence-corrected chi connectivity index (χ3v) is 2.00. The normalized spacial score (nSPS) is 13.0. The lowest BCUT2D eigenvalue weighted by Gasteiger charge is -2.22. The summed E-state index contributed by atoms with van der Waals surface area (Å²) in [6, 6.07) is -0.611. The monoisotopic (exact) mass is 244 g/mol. The summed E-state index contributed by atoms with van der Waals surface area (Å²) in [5, 5.41) is 2.61. The average molecular weight is 244 g/mol. The number of rotatable bonds is 6. The third kappa shape index (κ3) is 8.68. The van der Waals surface area contributed by atoms with Crippen molar-refractivity contribution in [3.8, 4) is 0 Å². The molecule has 0 aromatic carbocycles. The zero-order chi connectivity index (χ0) is 13.5. The highest BCUT2D eigenvalue weighted by Gasteiger charge is 2.22. The van der Waals surface area contributed by atoms with Crippen LogP contribution in [0, 0.1) is 0 Å². The zero-order valence-corrected chi connectivity index (χ0v) is 11.2. The van der Waals surface area contributed by atoms with E-state index < -0.39 is 17.6 Å². The second kappa shape index (κ2) is 7.27. The molecule has 0 aliphatic heterocycles. The van der Waals surface area contributed by atoms with Crippen LogP contribution >= 0.6 is 0 Å². The minimum atomic E-state index is -0.611. The molecule has 100 valence electrons. The standard InChI is InChI=1S/C12H24N2O3/c1-9(11(16)17-12(2,3)4)14-10(15)7-5-6-8-13/h9H,5-8,13H2,1-4H3,(H,14,15). The van der Waals surface area contributed by atoms with Crippen molar-refractivity contribution in [3.63, 3.8) is 0 Å². The summed E-state index contributed by atoms with van der Waals surface area (Å²) in [7, 11) is 0. The van der Waals surface area contributed by atoms with E-state index in [4.69, 9.17) is 10.5 Å². The van der Waals surface area contributed by atoms with Gasteiger partial charge in [0.25, 0.3) is 0 Å². The lowest BCUT2D eigenvalue weighted by atomic mass is 10.2. The SMILES string of the molecule is CC(NC(=O)CCCCN)C(=O)OC(C)(C)C. The minimum absolute atomic E-state index is 0.142. The van der Waals surface area contributed by atoms with Crippen LogP contribution in [0.2, 0.25) is 0 Å². The first-order valence-corrected chi connectivity index (χ1v) is 5.98. The van der Waals surface area contributed by atoms with Crippen molar-refractivity contribution in [3.05, 3.63) is 0 Å². The molecule has 0 heterocycles. The van der Waals surface area contributed by atoms with Crippen LogP contribution in [0.25, 0.3) is 0 Å². The summed E-state index contributed by atoms with van der Waals surface area (Å²) in [4.78, 5) is 23.0. The van der Waals surface area contributed by atoms with Gasteiger partial charge in [0, 0.05) is 6.42 Å².